The molecule has 2 fully saturated rings. The molecule has 0 N–H and O–H groups in total. The van der Waals surface area contributed by atoms with Crippen molar-refractivity contribution in [3.05, 3.63) is 34.2 Å². The highest BCUT2D eigenvalue weighted by Gasteiger charge is 2.53. The molecule has 1 aliphatic carbocycles. The SMILES string of the molecule is C[C@@H]1C[C@@H]2[C@H]3Cn4c(cccc4=O)[C@@H](CN2C)[C@H]31. The Morgan fingerprint density at radius 3 is 2.94 bits per heavy atom. The van der Waals surface area contributed by atoms with Gasteiger partial charge in [-0.05, 0) is 37.3 Å². The Balaban J connectivity index is 1.91. The Kier molecular flexibility index (Phi) is 2.08. The molecule has 0 unspecified atom stereocenters. The molecule has 3 heteroatoms. The second-order valence-corrected chi connectivity index (χ2v) is 6.47. The molecule has 3 aliphatic rings. The van der Waals surface area contributed by atoms with Crippen LogP contribution >= 0.6 is 0 Å². The summed E-state index contributed by atoms with van der Waals surface area (Å²) >= 11 is 0. The number of hydrogen-bond acceptors (Lipinski definition) is 2. The van der Waals surface area contributed by atoms with E-state index in [9.17, 15) is 4.79 Å². The standard InChI is InChI=1S/C15H20N2O/c1-9-6-13-11-8-17-12(4-3-5-14(17)18)10(15(9)11)7-16(13)2/h3-5,9-11,13,15H,6-8H2,1-2H3/t9-,10-,11-,13-,15-/m1/s1. The summed E-state index contributed by atoms with van der Waals surface area (Å²) in [4.78, 5) is 14.6. The normalized spacial score (nSPS) is 41.8. The van der Waals surface area contributed by atoms with Gasteiger partial charge < -0.3 is 9.47 Å². The van der Waals surface area contributed by atoms with Crippen LogP contribution in [0, 0.1) is 17.8 Å². The molecule has 0 spiro atoms. The first kappa shape index (κ1) is 10.8. The maximum atomic E-state index is 12.0. The fraction of sp³-hybridized carbons (Fsp3) is 0.667. The van der Waals surface area contributed by atoms with Gasteiger partial charge in [0.2, 0.25) is 0 Å². The Morgan fingerprint density at radius 1 is 1.28 bits per heavy atom. The van der Waals surface area contributed by atoms with Gasteiger partial charge in [0.25, 0.3) is 5.56 Å². The smallest absolute Gasteiger partial charge is 0.250 e. The van der Waals surface area contributed by atoms with Crippen LogP contribution in [0.5, 0.6) is 0 Å². The van der Waals surface area contributed by atoms with Gasteiger partial charge in [-0.25, -0.2) is 0 Å². The first-order valence-electron chi connectivity index (χ1n) is 7.07. The second kappa shape index (κ2) is 3.47. The molecule has 1 aromatic heterocycles. The van der Waals surface area contributed by atoms with Crippen molar-refractivity contribution in [3.8, 4) is 0 Å². The third kappa shape index (κ3) is 1.21. The van der Waals surface area contributed by atoms with Crippen LogP contribution in [0.1, 0.15) is 25.0 Å². The Bertz CT molecular complexity index is 550. The van der Waals surface area contributed by atoms with E-state index in [-0.39, 0.29) is 5.56 Å². The molecule has 18 heavy (non-hydrogen) atoms. The van der Waals surface area contributed by atoms with Crippen LogP contribution in [0.4, 0.5) is 0 Å². The summed E-state index contributed by atoms with van der Waals surface area (Å²) in [5, 5.41) is 0. The van der Waals surface area contributed by atoms with E-state index >= 15 is 0 Å². The van der Waals surface area contributed by atoms with Gasteiger partial charge >= 0.3 is 0 Å². The topological polar surface area (TPSA) is 25.2 Å². The summed E-state index contributed by atoms with van der Waals surface area (Å²) in [6, 6.07) is 6.50. The van der Waals surface area contributed by atoms with Crippen LogP contribution in [-0.4, -0.2) is 29.1 Å². The molecule has 1 aromatic rings. The summed E-state index contributed by atoms with van der Waals surface area (Å²) in [6.07, 6.45) is 1.31. The van der Waals surface area contributed by atoms with Crippen molar-refractivity contribution < 1.29 is 0 Å². The molecule has 96 valence electrons. The van der Waals surface area contributed by atoms with Crippen molar-refractivity contribution in [2.45, 2.75) is 31.8 Å². The van der Waals surface area contributed by atoms with E-state index in [2.05, 4.69) is 24.9 Å². The van der Waals surface area contributed by atoms with Gasteiger partial charge in [-0.2, -0.15) is 0 Å². The minimum atomic E-state index is 0.193. The highest BCUT2D eigenvalue weighted by atomic mass is 16.1. The average Bonchev–Trinajstić information content (AvgIpc) is 2.60. The molecular weight excluding hydrogens is 224 g/mol. The zero-order valence-corrected chi connectivity index (χ0v) is 11.0. The van der Waals surface area contributed by atoms with Crippen LogP contribution in [0.3, 0.4) is 0 Å². The van der Waals surface area contributed by atoms with Crippen LogP contribution in [-0.2, 0) is 6.54 Å². The summed E-state index contributed by atoms with van der Waals surface area (Å²) in [5.74, 6) is 2.86. The van der Waals surface area contributed by atoms with Gasteiger partial charge in [0.05, 0.1) is 0 Å². The number of fused-ring (bicyclic) bond motifs is 2. The zero-order chi connectivity index (χ0) is 12.4. The van der Waals surface area contributed by atoms with Crippen molar-refractivity contribution in [3.63, 3.8) is 0 Å². The molecule has 5 atom stereocenters. The van der Waals surface area contributed by atoms with E-state index in [1.165, 1.54) is 12.1 Å². The Morgan fingerprint density at radius 2 is 2.11 bits per heavy atom. The second-order valence-electron chi connectivity index (χ2n) is 6.47. The van der Waals surface area contributed by atoms with E-state index in [0.29, 0.717) is 17.9 Å². The Labute approximate surface area is 107 Å². The van der Waals surface area contributed by atoms with Gasteiger partial charge in [-0.1, -0.05) is 13.0 Å². The minimum Gasteiger partial charge on any atom is -0.312 e. The van der Waals surface area contributed by atoms with E-state index in [4.69, 9.17) is 0 Å². The maximum Gasteiger partial charge on any atom is 0.250 e. The third-order valence-electron chi connectivity index (χ3n) is 5.63. The molecule has 4 bridgehead atoms. The van der Waals surface area contributed by atoms with Gasteiger partial charge in [-0.3, -0.25) is 4.79 Å². The number of likely N-dealkylation sites (tertiary alicyclic amines) is 1. The van der Waals surface area contributed by atoms with Gasteiger partial charge in [0.1, 0.15) is 0 Å². The molecule has 3 nitrogen and oxygen atoms in total. The van der Waals surface area contributed by atoms with E-state index in [0.717, 1.165) is 24.9 Å². The lowest BCUT2D eigenvalue weighted by atomic mass is 9.72. The van der Waals surface area contributed by atoms with E-state index in [1.54, 1.807) is 6.07 Å². The number of hydrogen-bond donors (Lipinski definition) is 0. The van der Waals surface area contributed by atoms with Crippen molar-refractivity contribution in [1.82, 2.24) is 9.47 Å². The molecule has 0 aromatic carbocycles. The average molecular weight is 244 g/mol. The summed E-state index contributed by atoms with van der Waals surface area (Å²) in [7, 11) is 2.26. The predicted octanol–water partition coefficient (Wildman–Crippen LogP) is 1.53. The lowest BCUT2D eigenvalue weighted by molar-refractivity contribution is 0.0600. The number of likely N-dealkylation sites (N-methyl/N-ethyl adjacent to an activating group) is 1. The molecule has 1 saturated heterocycles. The highest BCUT2D eigenvalue weighted by molar-refractivity contribution is 5.22. The van der Waals surface area contributed by atoms with Gasteiger partial charge in [0.15, 0.2) is 0 Å². The molecule has 0 radical (unpaired) electrons. The van der Waals surface area contributed by atoms with Crippen molar-refractivity contribution >= 4 is 0 Å². The monoisotopic (exact) mass is 244 g/mol. The predicted molar refractivity (Wildman–Crippen MR) is 70.6 cm³/mol. The quantitative estimate of drug-likeness (QED) is 0.691. The van der Waals surface area contributed by atoms with Crippen molar-refractivity contribution in [2.75, 3.05) is 13.6 Å². The van der Waals surface area contributed by atoms with Crippen LogP contribution in [0.15, 0.2) is 23.0 Å². The van der Waals surface area contributed by atoms with Crippen LogP contribution in [0.25, 0.3) is 0 Å². The van der Waals surface area contributed by atoms with Crippen molar-refractivity contribution in [1.29, 1.82) is 0 Å². The Hall–Kier alpha value is -1.09. The zero-order valence-electron chi connectivity index (χ0n) is 11.0. The van der Waals surface area contributed by atoms with Gasteiger partial charge in [-0.15, -0.1) is 0 Å². The number of nitrogens with zero attached hydrogens (tertiary/aromatic N) is 2. The molecule has 2 aliphatic heterocycles. The lowest BCUT2D eigenvalue weighted by Crippen LogP contribution is -2.52. The van der Waals surface area contributed by atoms with E-state index in [1.807, 2.05) is 10.6 Å². The minimum absolute atomic E-state index is 0.193. The number of piperidine rings is 1. The van der Waals surface area contributed by atoms with Gasteiger partial charge in [0, 0.05) is 36.8 Å². The van der Waals surface area contributed by atoms with Crippen LogP contribution in [0.2, 0.25) is 0 Å². The lowest BCUT2D eigenvalue weighted by Gasteiger charge is -2.47. The maximum absolute atomic E-state index is 12.0. The highest BCUT2D eigenvalue weighted by Crippen LogP contribution is 2.53. The number of rotatable bonds is 0. The van der Waals surface area contributed by atoms with E-state index < -0.39 is 0 Å². The largest absolute Gasteiger partial charge is 0.312 e. The number of aromatic nitrogens is 1. The number of pyridine rings is 1. The first-order chi connectivity index (χ1) is 8.66. The molecule has 4 rings (SSSR count). The van der Waals surface area contributed by atoms with Crippen LogP contribution < -0.4 is 5.56 Å². The molecule has 0 amide bonds. The summed E-state index contributed by atoms with van der Waals surface area (Å²) < 4.78 is 2.05. The summed E-state index contributed by atoms with van der Waals surface area (Å²) in [6.45, 7) is 4.47. The molecule has 3 heterocycles. The fourth-order valence-electron chi connectivity index (χ4n) is 4.96. The third-order valence-corrected chi connectivity index (χ3v) is 5.63. The van der Waals surface area contributed by atoms with Crippen molar-refractivity contribution in [2.24, 2.45) is 17.8 Å². The first-order valence-corrected chi connectivity index (χ1v) is 7.07. The molecular formula is C15H20N2O. The fourth-order valence-corrected chi connectivity index (χ4v) is 4.96. The summed E-state index contributed by atoms with van der Waals surface area (Å²) in [5.41, 5.74) is 1.47. The molecule has 1 saturated carbocycles.